The molecule has 1 aliphatic heterocycles. The van der Waals surface area contributed by atoms with Gasteiger partial charge in [-0.25, -0.2) is 4.98 Å². The summed E-state index contributed by atoms with van der Waals surface area (Å²) >= 11 is 0. The van der Waals surface area contributed by atoms with Crippen molar-refractivity contribution in [2.75, 3.05) is 6.54 Å². The number of nitrogens with zero attached hydrogens (tertiary/aromatic N) is 2. The molecule has 1 aliphatic rings. The summed E-state index contributed by atoms with van der Waals surface area (Å²) in [6, 6.07) is 2.13. The third-order valence-electron chi connectivity index (χ3n) is 3.59. The van der Waals surface area contributed by atoms with Crippen LogP contribution in [0.3, 0.4) is 0 Å². The van der Waals surface area contributed by atoms with Crippen LogP contribution in [0.25, 0.3) is 0 Å². The number of amides is 1. The van der Waals surface area contributed by atoms with Gasteiger partial charge in [-0.2, -0.15) is 13.2 Å². The Kier molecular flexibility index (Phi) is 4.39. The number of ether oxygens (including phenoxy) is 1. The second-order valence-corrected chi connectivity index (χ2v) is 5.18. The first kappa shape index (κ1) is 15.6. The maximum Gasteiger partial charge on any atom is 0.421 e. The summed E-state index contributed by atoms with van der Waals surface area (Å²) in [5, 5.41) is 0. The van der Waals surface area contributed by atoms with E-state index in [1.807, 2.05) is 6.92 Å². The summed E-state index contributed by atoms with van der Waals surface area (Å²) in [6.45, 7) is 3.83. The number of rotatable bonds is 2. The van der Waals surface area contributed by atoms with Crippen molar-refractivity contribution in [3.8, 4) is 5.88 Å². The fourth-order valence-electron chi connectivity index (χ4n) is 2.56. The van der Waals surface area contributed by atoms with Gasteiger partial charge in [0.1, 0.15) is 11.7 Å². The molecule has 0 N–H and O–H groups in total. The van der Waals surface area contributed by atoms with Crippen molar-refractivity contribution in [3.63, 3.8) is 0 Å². The summed E-state index contributed by atoms with van der Waals surface area (Å²) < 4.78 is 44.1. The standard InChI is InChI=1S/C14H17F3N2O2/c1-9-8-11(5-7-19(9)10(2)20)21-13-12(14(15,16)17)4-3-6-18-13/h3-4,6,9,11H,5,7-8H2,1-2H3. The number of hydrogen-bond donors (Lipinski definition) is 0. The average molecular weight is 302 g/mol. The smallest absolute Gasteiger partial charge is 0.421 e. The van der Waals surface area contributed by atoms with Gasteiger partial charge in [-0.1, -0.05) is 0 Å². The van der Waals surface area contributed by atoms with Crippen LogP contribution in [0.1, 0.15) is 32.3 Å². The first-order valence-electron chi connectivity index (χ1n) is 6.75. The minimum atomic E-state index is -4.49. The van der Waals surface area contributed by atoms with Gasteiger partial charge in [0, 0.05) is 38.5 Å². The van der Waals surface area contributed by atoms with E-state index in [1.165, 1.54) is 19.2 Å². The molecular formula is C14H17F3N2O2. The topological polar surface area (TPSA) is 42.4 Å². The molecule has 2 heterocycles. The highest BCUT2D eigenvalue weighted by atomic mass is 19.4. The number of carbonyl (C=O) groups is 1. The van der Waals surface area contributed by atoms with E-state index in [2.05, 4.69) is 4.98 Å². The zero-order valence-corrected chi connectivity index (χ0v) is 11.9. The van der Waals surface area contributed by atoms with Gasteiger partial charge in [-0.3, -0.25) is 4.79 Å². The van der Waals surface area contributed by atoms with E-state index in [0.29, 0.717) is 19.4 Å². The van der Waals surface area contributed by atoms with Gasteiger partial charge >= 0.3 is 6.18 Å². The molecule has 116 valence electrons. The summed E-state index contributed by atoms with van der Waals surface area (Å²) in [7, 11) is 0. The summed E-state index contributed by atoms with van der Waals surface area (Å²) in [5.74, 6) is -0.423. The van der Waals surface area contributed by atoms with E-state index in [1.54, 1.807) is 4.90 Å². The lowest BCUT2D eigenvalue weighted by Gasteiger charge is -2.37. The Morgan fingerprint density at radius 3 is 2.76 bits per heavy atom. The van der Waals surface area contributed by atoms with Crippen molar-refractivity contribution < 1.29 is 22.7 Å². The summed E-state index contributed by atoms with van der Waals surface area (Å²) in [5.41, 5.74) is -0.869. The molecule has 0 radical (unpaired) electrons. The van der Waals surface area contributed by atoms with Crippen LogP contribution >= 0.6 is 0 Å². The number of aromatic nitrogens is 1. The summed E-state index contributed by atoms with van der Waals surface area (Å²) in [6.07, 6.45) is -2.59. The largest absolute Gasteiger partial charge is 0.474 e. The van der Waals surface area contributed by atoms with Crippen LogP contribution in [0.4, 0.5) is 13.2 Å². The predicted octanol–water partition coefficient (Wildman–Crippen LogP) is 2.88. The monoisotopic (exact) mass is 302 g/mol. The van der Waals surface area contributed by atoms with Crippen molar-refractivity contribution >= 4 is 5.91 Å². The predicted molar refractivity (Wildman–Crippen MR) is 69.7 cm³/mol. The third kappa shape index (κ3) is 3.65. The molecular weight excluding hydrogens is 285 g/mol. The van der Waals surface area contributed by atoms with Crippen LogP contribution in [0.2, 0.25) is 0 Å². The van der Waals surface area contributed by atoms with E-state index in [4.69, 9.17) is 4.74 Å². The van der Waals surface area contributed by atoms with Gasteiger partial charge in [0.25, 0.3) is 0 Å². The van der Waals surface area contributed by atoms with Crippen LogP contribution < -0.4 is 4.74 Å². The molecule has 1 aromatic heterocycles. The normalized spacial score (nSPS) is 23.0. The lowest BCUT2D eigenvalue weighted by atomic mass is 10.0. The molecule has 0 aromatic carbocycles. The SMILES string of the molecule is CC(=O)N1CCC(Oc2ncccc2C(F)(F)F)CC1C. The van der Waals surface area contributed by atoms with Crippen molar-refractivity contribution in [1.29, 1.82) is 0 Å². The van der Waals surface area contributed by atoms with Gasteiger partial charge in [0.05, 0.1) is 0 Å². The molecule has 4 nitrogen and oxygen atoms in total. The highest BCUT2D eigenvalue weighted by Gasteiger charge is 2.36. The molecule has 2 unspecified atom stereocenters. The van der Waals surface area contributed by atoms with E-state index in [0.717, 1.165) is 6.07 Å². The Bertz CT molecular complexity index is 519. The Morgan fingerprint density at radius 2 is 2.19 bits per heavy atom. The first-order valence-corrected chi connectivity index (χ1v) is 6.75. The zero-order valence-electron chi connectivity index (χ0n) is 11.9. The van der Waals surface area contributed by atoms with E-state index in [-0.39, 0.29) is 18.1 Å². The molecule has 1 amide bonds. The lowest BCUT2D eigenvalue weighted by molar-refractivity contribution is -0.140. The van der Waals surface area contributed by atoms with Gasteiger partial charge in [-0.15, -0.1) is 0 Å². The van der Waals surface area contributed by atoms with Crippen LogP contribution in [0, 0.1) is 0 Å². The zero-order chi connectivity index (χ0) is 15.6. The number of halogens is 3. The highest BCUT2D eigenvalue weighted by Crippen LogP contribution is 2.35. The molecule has 0 spiro atoms. The van der Waals surface area contributed by atoms with Crippen LogP contribution in [0.5, 0.6) is 5.88 Å². The Morgan fingerprint density at radius 1 is 1.48 bits per heavy atom. The first-order chi connectivity index (χ1) is 9.79. The maximum absolute atomic E-state index is 12.9. The second-order valence-electron chi connectivity index (χ2n) is 5.18. The molecule has 1 fully saturated rings. The molecule has 7 heteroatoms. The molecule has 1 saturated heterocycles. The van der Waals surface area contributed by atoms with Crippen molar-refractivity contribution in [3.05, 3.63) is 23.9 Å². The van der Waals surface area contributed by atoms with E-state index in [9.17, 15) is 18.0 Å². The van der Waals surface area contributed by atoms with Crippen molar-refractivity contribution in [2.45, 2.75) is 45.0 Å². The Labute approximate surface area is 120 Å². The Hall–Kier alpha value is -1.79. The highest BCUT2D eigenvalue weighted by molar-refractivity contribution is 5.73. The van der Waals surface area contributed by atoms with E-state index < -0.39 is 17.6 Å². The van der Waals surface area contributed by atoms with Crippen molar-refractivity contribution in [2.24, 2.45) is 0 Å². The number of likely N-dealkylation sites (tertiary alicyclic amines) is 1. The van der Waals surface area contributed by atoms with Crippen LogP contribution in [-0.2, 0) is 11.0 Å². The average Bonchev–Trinajstić information content (AvgIpc) is 2.37. The quantitative estimate of drug-likeness (QED) is 0.843. The van der Waals surface area contributed by atoms with Crippen LogP contribution in [-0.4, -0.2) is 34.5 Å². The molecule has 2 rings (SSSR count). The molecule has 2 atom stereocenters. The molecule has 1 aromatic rings. The fraction of sp³-hybridized carbons (Fsp3) is 0.571. The van der Waals surface area contributed by atoms with Gasteiger partial charge in [0.2, 0.25) is 11.8 Å². The number of pyridine rings is 1. The maximum atomic E-state index is 12.9. The van der Waals surface area contributed by atoms with Crippen LogP contribution in [0.15, 0.2) is 18.3 Å². The summed E-state index contributed by atoms with van der Waals surface area (Å²) in [4.78, 5) is 16.8. The molecule has 0 bridgehead atoms. The minimum Gasteiger partial charge on any atom is -0.474 e. The minimum absolute atomic E-state index is 0.0326. The van der Waals surface area contributed by atoms with Crippen molar-refractivity contribution in [1.82, 2.24) is 9.88 Å². The molecule has 0 saturated carbocycles. The molecule has 0 aliphatic carbocycles. The molecule has 21 heavy (non-hydrogen) atoms. The van der Waals surface area contributed by atoms with E-state index >= 15 is 0 Å². The number of carbonyl (C=O) groups excluding carboxylic acids is 1. The third-order valence-corrected chi connectivity index (χ3v) is 3.59. The Balaban J connectivity index is 2.09. The lowest BCUT2D eigenvalue weighted by Crippen LogP contribution is -2.46. The van der Waals surface area contributed by atoms with Gasteiger partial charge < -0.3 is 9.64 Å². The fourth-order valence-corrected chi connectivity index (χ4v) is 2.56. The second kappa shape index (κ2) is 5.91. The van der Waals surface area contributed by atoms with Gasteiger partial charge in [0.15, 0.2) is 0 Å². The van der Waals surface area contributed by atoms with Gasteiger partial charge in [-0.05, 0) is 19.1 Å². The number of alkyl halides is 3. The number of hydrogen-bond acceptors (Lipinski definition) is 3. The number of piperidine rings is 1.